The van der Waals surface area contributed by atoms with Gasteiger partial charge >= 0.3 is 5.97 Å². The number of carbonyl (C=O) groups is 1. The van der Waals surface area contributed by atoms with Gasteiger partial charge in [-0.1, -0.05) is 55.3 Å². The van der Waals surface area contributed by atoms with Gasteiger partial charge in [0.2, 0.25) is 0 Å². The van der Waals surface area contributed by atoms with E-state index in [1.54, 1.807) is 12.1 Å². The van der Waals surface area contributed by atoms with E-state index < -0.39 is 5.97 Å². The smallest absolute Gasteiger partial charge is 0.335 e. The number of aromatic carboxylic acids is 1. The summed E-state index contributed by atoms with van der Waals surface area (Å²) in [5.41, 5.74) is 9.63. The molecule has 1 fully saturated rings. The van der Waals surface area contributed by atoms with Gasteiger partial charge in [-0.15, -0.1) is 0 Å². The van der Waals surface area contributed by atoms with Crippen LogP contribution in [-0.2, 0) is 6.54 Å². The molecule has 0 amide bonds. The fourth-order valence-corrected chi connectivity index (χ4v) is 3.86. The van der Waals surface area contributed by atoms with Crippen molar-refractivity contribution in [2.24, 2.45) is 0 Å². The molecule has 5 heteroatoms. The van der Waals surface area contributed by atoms with E-state index in [1.165, 1.54) is 24.8 Å². The third-order valence-electron chi connectivity index (χ3n) is 5.40. The molecule has 0 spiro atoms. The fraction of sp³-hybridized carbons (Fsp3) is 0.435. The van der Waals surface area contributed by atoms with Gasteiger partial charge in [0.25, 0.3) is 0 Å². The van der Waals surface area contributed by atoms with E-state index in [9.17, 15) is 4.79 Å². The predicted octanol–water partition coefficient (Wildman–Crippen LogP) is 3.98. The maximum atomic E-state index is 11.1. The predicted molar refractivity (Wildman–Crippen MR) is 112 cm³/mol. The molecule has 1 saturated heterocycles. The van der Waals surface area contributed by atoms with Crippen LogP contribution in [0, 0.1) is 0 Å². The Balaban J connectivity index is 1.30. The number of hydrogen-bond acceptors (Lipinski definition) is 4. The third-order valence-corrected chi connectivity index (χ3v) is 5.40. The van der Waals surface area contributed by atoms with E-state index in [-0.39, 0.29) is 0 Å². The summed E-state index contributed by atoms with van der Waals surface area (Å²) in [5, 5.41) is 9.09. The van der Waals surface area contributed by atoms with Gasteiger partial charge in [-0.25, -0.2) is 4.79 Å². The zero-order chi connectivity index (χ0) is 19.8. The van der Waals surface area contributed by atoms with Crippen molar-refractivity contribution in [1.82, 2.24) is 15.8 Å². The van der Waals surface area contributed by atoms with E-state index in [2.05, 4.69) is 53.1 Å². The summed E-state index contributed by atoms with van der Waals surface area (Å²) >= 11 is 0. The summed E-state index contributed by atoms with van der Waals surface area (Å²) in [6.45, 7) is 1.81. The Bertz CT molecular complexity index is 751. The van der Waals surface area contributed by atoms with Crippen molar-refractivity contribution in [3.05, 3.63) is 71.3 Å². The molecule has 1 aliphatic rings. The van der Waals surface area contributed by atoms with Crippen molar-refractivity contribution in [2.75, 3.05) is 13.6 Å². The summed E-state index contributed by atoms with van der Waals surface area (Å²) < 4.78 is 0. The number of nitrogens with one attached hydrogen (secondary N) is 2. The molecular weight excluding hydrogens is 350 g/mol. The summed E-state index contributed by atoms with van der Waals surface area (Å²) in [5.74, 6) is -0.867. The minimum Gasteiger partial charge on any atom is -0.478 e. The quantitative estimate of drug-likeness (QED) is 0.543. The summed E-state index contributed by atoms with van der Waals surface area (Å²) in [7, 11) is 2.10. The van der Waals surface area contributed by atoms with Gasteiger partial charge in [-0.2, -0.15) is 0 Å². The van der Waals surface area contributed by atoms with Crippen LogP contribution in [0.15, 0.2) is 54.6 Å². The number of benzene rings is 2. The number of hydrazine groups is 1. The van der Waals surface area contributed by atoms with E-state index >= 15 is 0 Å². The van der Waals surface area contributed by atoms with Gasteiger partial charge in [0, 0.05) is 18.6 Å². The molecule has 2 atom stereocenters. The van der Waals surface area contributed by atoms with Gasteiger partial charge in [0.15, 0.2) is 0 Å². The average Bonchev–Trinajstić information content (AvgIpc) is 3.17. The standard InChI is InChI=1S/C23H31N3O2/c1-26(17-18-9-8-12-20(15-18)23(27)28)14-7-3-6-13-21-16-22(25-24-21)19-10-4-2-5-11-19/h2,4-5,8-12,15,21-22,24-25H,3,6-7,13-14,16-17H2,1H3,(H,27,28). The second kappa shape index (κ2) is 10.4. The molecule has 0 bridgehead atoms. The molecule has 2 aromatic rings. The summed E-state index contributed by atoms with van der Waals surface area (Å²) in [4.78, 5) is 13.3. The molecule has 150 valence electrons. The summed E-state index contributed by atoms with van der Waals surface area (Å²) in [6.07, 6.45) is 5.94. The van der Waals surface area contributed by atoms with Crippen molar-refractivity contribution in [3.63, 3.8) is 0 Å². The molecule has 1 heterocycles. The zero-order valence-electron chi connectivity index (χ0n) is 16.6. The molecule has 0 aliphatic carbocycles. The highest BCUT2D eigenvalue weighted by atomic mass is 16.4. The van der Waals surface area contributed by atoms with Crippen LogP contribution in [0.4, 0.5) is 0 Å². The number of carboxylic acid groups (broad SMARTS) is 1. The first kappa shape index (κ1) is 20.5. The number of carboxylic acids is 1. The molecule has 5 nitrogen and oxygen atoms in total. The zero-order valence-corrected chi connectivity index (χ0v) is 16.6. The SMILES string of the molecule is CN(CCCCCC1CC(c2ccccc2)NN1)Cc1cccc(C(=O)O)c1. The highest BCUT2D eigenvalue weighted by Gasteiger charge is 2.24. The van der Waals surface area contributed by atoms with E-state index in [0.717, 1.165) is 31.5 Å². The van der Waals surface area contributed by atoms with Gasteiger partial charge in [-0.05, 0) is 56.1 Å². The first-order valence-electron chi connectivity index (χ1n) is 10.2. The van der Waals surface area contributed by atoms with Crippen LogP contribution in [-0.4, -0.2) is 35.6 Å². The van der Waals surface area contributed by atoms with Crippen molar-refractivity contribution in [2.45, 2.75) is 50.7 Å². The first-order chi connectivity index (χ1) is 13.6. The van der Waals surface area contributed by atoms with Crippen molar-refractivity contribution in [3.8, 4) is 0 Å². The van der Waals surface area contributed by atoms with Crippen LogP contribution >= 0.6 is 0 Å². The lowest BCUT2D eigenvalue weighted by Gasteiger charge is -2.17. The Morgan fingerprint density at radius 3 is 2.68 bits per heavy atom. The topological polar surface area (TPSA) is 64.6 Å². The number of unbranched alkanes of at least 4 members (excludes halogenated alkanes) is 2. The van der Waals surface area contributed by atoms with Crippen LogP contribution in [0.1, 0.15) is 59.6 Å². The fourth-order valence-electron chi connectivity index (χ4n) is 3.86. The Morgan fingerprint density at radius 2 is 1.89 bits per heavy atom. The van der Waals surface area contributed by atoms with Gasteiger partial charge < -0.3 is 10.0 Å². The Hall–Kier alpha value is -2.21. The third kappa shape index (κ3) is 6.16. The first-order valence-corrected chi connectivity index (χ1v) is 10.2. The second-order valence-corrected chi connectivity index (χ2v) is 7.78. The molecule has 3 N–H and O–H groups in total. The lowest BCUT2D eigenvalue weighted by atomic mass is 9.99. The van der Waals surface area contributed by atoms with E-state index in [4.69, 9.17) is 5.11 Å². The largest absolute Gasteiger partial charge is 0.478 e. The molecule has 0 aromatic heterocycles. The van der Waals surface area contributed by atoms with Crippen LogP contribution in [0.5, 0.6) is 0 Å². The minimum atomic E-state index is -0.867. The molecule has 0 radical (unpaired) electrons. The van der Waals surface area contributed by atoms with Crippen molar-refractivity contribution < 1.29 is 9.90 Å². The van der Waals surface area contributed by atoms with Crippen molar-refractivity contribution >= 4 is 5.97 Å². The lowest BCUT2D eigenvalue weighted by molar-refractivity contribution is 0.0696. The molecule has 28 heavy (non-hydrogen) atoms. The van der Waals surface area contributed by atoms with Crippen LogP contribution in [0.3, 0.4) is 0 Å². The number of hydrogen-bond donors (Lipinski definition) is 3. The van der Waals surface area contributed by atoms with E-state index in [1.807, 2.05) is 12.1 Å². The Morgan fingerprint density at radius 1 is 1.07 bits per heavy atom. The second-order valence-electron chi connectivity index (χ2n) is 7.78. The maximum absolute atomic E-state index is 11.1. The lowest BCUT2D eigenvalue weighted by Crippen LogP contribution is -2.30. The highest BCUT2D eigenvalue weighted by molar-refractivity contribution is 5.87. The molecule has 2 aromatic carbocycles. The normalized spacial score (nSPS) is 19.2. The van der Waals surface area contributed by atoms with Crippen LogP contribution < -0.4 is 10.9 Å². The number of rotatable bonds is 10. The highest BCUT2D eigenvalue weighted by Crippen LogP contribution is 2.24. The molecule has 2 unspecified atom stereocenters. The van der Waals surface area contributed by atoms with Gasteiger partial charge in [0.05, 0.1) is 5.56 Å². The monoisotopic (exact) mass is 381 g/mol. The molecule has 1 aliphatic heterocycles. The molecule has 0 saturated carbocycles. The minimum absolute atomic E-state index is 0.359. The van der Waals surface area contributed by atoms with Crippen molar-refractivity contribution in [1.29, 1.82) is 0 Å². The molecule has 3 rings (SSSR count). The van der Waals surface area contributed by atoms with Gasteiger partial charge in [-0.3, -0.25) is 10.9 Å². The van der Waals surface area contributed by atoms with Crippen LogP contribution in [0.25, 0.3) is 0 Å². The number of nitrogens with zero attached hydrogens (tertiary/aromatic N) is 1. The Kier molecular flexibility index (Phi) is 7.60. The summed E-state index contributed by atoms with van der Waals surface area (Å²) in [6, 6.07) is 18.8. The Labute approximate surface area is 167 Å². The van der Waals surface area contributed by atoms with Crippen LogP contribution in [0.2, 0.25) is 0 Å². The van der Waals surface area contributed by atoms with E-state index in [0.29, 0.717) is 17.6 Å². The average molecular weight is 382 g/mol. The maximum Gasteiger partial charge on any atom is 0.335 e. The molecular formula is C23H31N3O2. The van der Waals surface area contributed by atoms with Gasteiger partial charge in [0.1, 0.15) is 0 Å².